The molecule has 0 aromatic heterocycles. The van der Waals surface area contributed by atoms with Crippen LogP contribution in [0.3, 0.4) is 0 Å². The molecule has 1 fully saturated rings. The topological polar surface area (TPSA) is 38.3 Å². The van der Waals surface area contributed by atoms with Crippen LogP contribution in [0.15, 0.2) is 24.3 Å². The molecule has 1 aliphatic rings. The molecular formula is C15H21NO2S. The number of carbonyl (C=O) groups excluding carboxylic acids is 1. The number of amides is 1. The quantitative estimate of drug-likeness (QED) is 0.869. The first-order valence-electron chi connectivity index (χ1n) is 6.55. The molecule has 1 aliphatic heterocycles. The van der Waals surface area contributed by atoms with Gasteiger partial charge in [-0.05, 0) is 12.5 Å². The molecule has 2 rings (SSSR count). The van der Waals surface area contributed by atoms with Crippen molar-refractivity contribution in [2.24, 2.45) is 5.41 Å². The van der Waals surface area contributed by atoms with E-state index in [0.717, 1.165) is 25.5 Å². The molecule has 0 bridgehead atoms. The number of ether oxygens (including phenoxy) is 1. The van der Waals surface area contributed by atoms with Gasteiger partial charge in [0.15, 0.2) is 0 Å². The SMILES string of the molecule is Cc1ccc(CSCC(=O)NCC2(C)COC2)cc1. The predicted molar refractivity (Wildman–Crippen MR) is 79.3 cm³/mol. The predicted octanol–water partition coefficient (Wildman–Crippen LogP) is 2.38. The number of thioether (sulfide) groups is 1. The minimum Gasteiger partial charge on any atom is -0.380 e. The maximum Gasteiger partial charge on any atom is 0.230 e. The van der Waals surface area contributed by atoms with E-state index >= 15 is 0 Å². The summed E-state index contributed by atoms with van der Waals surface area (Å²) in [5.74, 6) is 1.52. The molecule has 19 heavy (non-hydrogen) atoms. The fourth-order valence-corrected chi connectivity index (χ4v) is 2.68. The average Bonchev–Trinajstić information content (AvgIpc) is 2.36. The second-order valence-corrected chi connectivity index (χ2v) is 6.54. The van der Waals surface area contributed by atoms with Crippen LogP contribution in [-0.4, -0.2) is 31.4 Å². The molecule has 0 saturated carbocycles. The molecular weight excluding hydrogens is 258 g/mol. The molecule has 1 amide bonds. The third-order valence-electron chi connectivity index (χ3n) is 3.24. The van der Waals surface area contributed by atoms with Crippen molar-refractivity contribution >= 4 is 17.7 Å². The first-order valence-corrected chi connectivity index (χ1v) is 7.71. The van der Waals surface area contributed by atoms with E-state index < -0.39 is 0 Å². The number of hydrogen-bond acceptors (Lipinski definition) is 3. The van der Waals surface area contributed by atoms with E-state index in [9.17, 15) is 4.79 Å². The summed E-state index contributed by atoms with van der Waals surface area (Å²) in [6, 6.07) is 8.45. The summed E-state index contributed by atoms with van der Waals surface area (Å²) in [6.45, 7) is 6.44. The van der Waals surface area contributed by atoms with Crippen molar-refractivity contribution in [3.63, 3.8) is 0 Å². The molecule has 104 valence electrons. The zero-order chi connectivity index (χ0) is 13.7. The zero-order valence-electron chi connectivity index (χ0n) is 11.6. The lowest BCUT2D eigenvalue weighted by Crippen LogP contribution is -2.48. The highest BCUT2D eigenvalue weighted by molar-refractivity contribution is 7.99. The lowest BCUT2D eigenvalue weighted by molar-refractivity contribution is -0.124. The third-order valence-corrected chi connectivity index (χ3v) is 4.24. The van der Waals surface area contributed by atoms with Crippen molar-refractivity contribution in [3.05, 3.63) is 35.4 Å². The van der Waals surface area contributed by atoms with Crippen molar-refractivity contribution in [3.8, 4) is 0 Å². The second kappa shape index (κ2) is 6.44. The maximum atomic E-state index is 11.7. The Balaban J connectivity index is 1.62. The van der Waals surface area contributed by atoms with Crippen LogP contribution in [0, 0.1) is 12.3 Å². The third kappa shape index (κ3) is 4.55. The molecule has 0 atom stereocenters. The highest BCUT2D eigenvalue weighted by Gasteiger charge is 2.33. The standard InChI is InChI=1S/C15H21NO2S/c1-12-3-5-13(6-4-12)7-19-8-14(17)16-9-15(2)10-18-11-15/h3-6H,7-11H2,1-2H3,(H,16,17). The Bertz CT molecular complexity index is 426. The van der Waals surface area contributed by atoms with Crippen molar-refractivity contribution in [2.75, 3.05) is 25.5 Å². The van der Waals surface area contributed by atoms with Gasteiger partial charge in [0.2, 0.25) is 5.91 Å². The van der Waals surface area contributed by atoms with Gasteiger partial charge in [0.05, 0.1) is 19.0 Å². The smallest absolute Gasteiger partial charge is 0.230 e. The molecule has 1 saturated heterocycles. The van der Waals surface area contributed by atoms with Gasteiger partial charge in [-0.3, -0.25) is 4.79 Å². The summed E-state index contributed by atoms with van der Waals surface area (Å²) < 4.78 is 5.16. The fraction of sp³-hybridized carbons (Fsp3) is 0.533. The molecule has 4 heteroatoms. The summed E-state index contributed by atoms with van der Waals surface area (Å²) in [6.07, 6.45) is 0. The van der Waals surface area contributed by atoms with E-state index in [0.29, 0.717) is 5.75 Å². The Morgan fingerprint density at radius 2 is 2.05 bits per heavy atom. The summed E-state index contributed by atoms with van der Waals surface area (Å²) in [7, 11) is 0. The lowest BCUT2D eigenvalue weighted by Gasteiger charge is -2.38. The normalized spacial score (nSPS) is 16.7. The van der Waals surface area contributed by atoms with Crippen LogP contribution in [0.5, 0.6) is 0 Å². The number of hydrogen-bond donors (Lipinski definition) is 1. The van der Waals surface area contributed by atoms with Crippen LogP contribution in [0.2, 0.25) is 0 Å². The number of benzene rings is 1. The van der Waals surface area contributed by atoms with E-state index in [1.807, 2.05) is 0 Å². The maximum absolute atomic E-state index is 11.7. The first-order chi connectivity index (χ1) is 9.07. The van der Waals surface area contributed by atoms with Gasteiger partial charge in [-0.2, -0.15) is 0 Å². The summed E-state index contributed by atoms with van der Waals surface area (Å²) in [5.41, 5.74) is 2.68. The first kappa shape index (κ1) is 14.4. The van der Waals surface area contributed by atoms with E-state index in [-0.39, 0.29) is 11.3 Å². The molecule has 0 unspecified atom stereocenters. The summed E-state index contributed by atoms with van der Waals surface area (Å²) >= 11 is 1.65. The van der Waals surface area contributed by atoms with Gasteiger partial charge in [0.25, 0.3) is 0 Å². The van der Waals surface area contributed by atoms with Gasteiger partial charge >= 0.3 is 0 Å². The van der Waals surface area contributed by atoms with Crippen LogP contribution < -0.4 is 5.32 Å². The Morgan fingerprint density at radius 3 is 2.63 bits per heavy atom. The molecule has 1 aromatic carbocycles. The largest absolute Gasteiger partial charge is 0.380 e. The highest BCUT2D eigenvalue weighted by Crippen LogP contribution is 2.25. The van der Waals surface area contributed by atoms with E-state index in [2.05, 4.69) is 43.4 Å². The Hall–Kier alpha value is -1.00. The number of nitrogens with one attached hydrogen (secondary N) is 1. The van der Waals surface area contributed by atoms with Crippen molar-refractivity contribution in [2.45, 2.75) is 19.6 Å². The van der Waals surface area contributed by atoms with Crippen molar-refractivity contribution < 1.29 is 9.53 Å². The summed E-state index contributed by atoms with van der Waals surface area (Å²) in [5, 5.41) is 2.98. The van der Waals surface area contributed by atoms with Gasteiger partial charge in [0, 0.05) is 17.7 Å². The minimum atomic E-state index is 0.116. The van der Waals surface area contributed by atoms with Gasteiger partial charge in [0.1, 0.15) is 0 Å². The Morgan fingerprint density at radius 1 is 1.37 bits per heavy atom. The zero-order valence-corrected chi connectivity index (χ0v) is 12.4. The van der Waals surface area contributed by atoms with E-state index in [1.54, 1.807) is 11.8 Å². The summed E-state index contributed by atoms with van der Waals surface area (Å²) in [4.78, 5) is 11.7. The van der Waals surface area contributed by atoms with Crippen LogP contribution in [0.25, 0.3) is 0 Å². The number of carbonyl (C=O) groups is 1. The highest BCUT2D eigenvalue weighted by atomic mass is 32.2. The van der Waals surface area contributed by atoms with E-state index in [4.69, 9.17) is 4.74 Å². The minimum absolute atomic E-state index is 0.116. The average molecular weight is 279 g/mol. The van der Waals surface area contributed by atoms with Crippen molar-refractivity contribution in [1.29, 1.82) is 0 Å². The van der Waals surface area contributed by atoms with Gasteiger partial charge in [-0.15, -0.1) is 11.8 Å². The fourth-order valence-electron chi connectivity index (χ4n) is 1.86. The molecule has 0 aliphatic carbocycles. The number of aryl methyl sites for hydroxylation is 1. The molecule has 0 radical (unpaired) electrons. The molecule has 1 aromatic rings. The van der Waals surface area contributed by atoms with Gasteiger partial charge < -0.3 is 10.1 Å². The molecule has 0 spiro atoms. The lowest BCUT2D eigenvalue weighted by atomic mass is 9.89. The van der Waals surface area contributed by atoms with E-state index in [1.165, 1.54) is 11.1 Å². The van der Waals surface area contributed by atoms with Crippen molar-refractivity contribution in [1.82, 2.24) is 5.32 Å². The number of rotatable bonds is 6. The van der Waals surface area contributed by atoms with Crippen LogP contribution in [-0.2, 0) is 15.3 Å². The molecule has 3 nitrogen and oxygen atoms in total. The Labute approximate surface area is 119 Å². The van der Waals surface area contributed by atoms with Crippen LogP contribution in [0.4, 0.5) is 0 Å². The second-order valence-electron chi connectivity index (χ2n) is 5.56. The molecule has 1 heterocycles. The van der Waals surface area contributed by atoms with Crippen LogP contribution in [0.1, 0.15) is 18.1 Å². The van der Waals surface area contributed by atoms with Crippen LogP contribution >= 0.6 is 11.8 Å². The van der Waals surface area contributed by atoms with Gasteiger partial charge in [-0.1, -0.05) is 36.8 Å². The monoisotopic (exact) mass is 279 g/mol. The van der Waals surface area contributed by atoms with Gasteiger partial charge in [-0.25, -0.2) is 0 Å². The molecule has 1 N–H and O–H groups in total. The Kier molecular flexibility index (Phi) is 4.88.